The van der Waals surface area contributed by atoms with Gasteiger partial charge in [0.25, 0.3) is 0 Å². The van der Waals surface area contributed by atoms with E-state index in [1.165, 1.54) is 0 Å². The van der Waals surface area contributed by atoms with E-state index in [1.54, 1.807) is 6.92 Å². The number of alkyl halides is 3. The molecule has 0 bridgehead atoms. The minimum Gasteiger partial charge on any atom is -0.302 e. The Kier molecular flexibility index (Phi) is 4.77. The molecule has 0 spiro atoms. The van der Waals surface area contributed by atoms with Gasteiger partial charge >= 0.3 is 6.18 Å². The number of hydrogen-bond acceptors (Lipinski definition) is 1. The van der Waals surface area contributed by atoms with Crippen LogP contribution in [-0.4, -0.2) is 12.7 Å². The molecule has 0 radical (unpaired) electrons. The van der Waals surface area contributed by atoms with Crippen LogP contribution in [0.4, 0.5) is 17.6 Å². The number of rotatable bonds is 4. The lowest BCUT2D eigenvalue weighted by Gasteiger charge is -2.22. The third-order valence-electron chi connectivity index (χ3n) is 2.20. The van der Waals surface area contributed by atoms with Crippen LogP contribution in [0.25, 0.3) is 0 Å². The molecule has 1 N–H and O–H groups in total. The molecule has 1 unspecified atom stereocenters. The Labute approximate surface area is 102 Å². The molecular formula is C11H12ClF4N. The zero-order valence-corrected chi connectivity index (χ0v) is 9.87. The third kappa shape index (κ3) is 3.85. The van der Waals surface area contributed by atoms with E-state index in [9.17, 15) is 17.6 Å². The average molecular weight is 270 g/mol. The SMILES string of the molecule is CCCNC(c1ccc(F)c(Cl)c1)C(F)(F)F. The van der Waals surface area contributed by atoms with Crippen LogP contribution in [0.3, 0.4) is 0 Å². The summed E-state index contributed by atoms with van der Waals surface area (Å²) in [6, 6.07) is 1.20. The van der Waals surface area contributed by atoms with Crippen LogP contribution in [0.1, 0.15) is 24.9 Å². The van der Waals surface area contributed by atoms with Gasteiger partial charge in [-0.15, -0.1) is 0 Å². The van der Waals surface area contributed by atoms with Gasteiger partial charge in [-0.3, -0.25) is 0 Å². The van der Waals surface area contributed by atoms with E-state index >= 15 is 0 Å². The Hall–Kier alpha value is -0.810. The largest absolute Gasteiger partial charge is 0.407 e. The minimum absolute atomic E-state index is 0.0858. The molecule has 6 heteroatoms. The lowest BCUT2D eigenvalue weighted by molar-refractivity contribution is -0.157. The molecule has 1 aromatic rings. The molecule has 0 aromatic heterocycles. The number of hydrogen-bond donors (Lipinski definition) is 1. The molecule has 0 fully saturated rings. The molecule has 96 valence electrons. The number of nitrogens with one attached hydrogen (secondary N) is 1. The van der Waals surface area contributed by atoms with Crippen LogP contribution in [0.5, 0.6) is 0 Å². The van der Waals surface area contributed by atoms with E-state index in [2.05, 4.69) is 5.32 Å². The van der Waals surface area contributed by atoms with Crippen molar-refractivity contribution in [1.82, 2.24) is 5.32 Å². The van der Waals surface area contributed by atoms with E-state index in [0.717, 1.165) is 18.2 Å². The first-order valence-electron chi connectivity index (χ1n) is 5.11. The van der Waals surface area contributed by atoms with Gasteiger partial charge in [0, 0.05) is 0 Å². The Morgan fingerprint density at radius 2 is 2.00 bits per heavy atom. The summed E-state index contributed by atoms with van der Waals surface area (Å²) < 4.78 is 51.2. The van der Waals surface area contributed by atoms with Crippen molar-refractivity contribution < 1.29 is 17.6 Å². The molecule has 0 aliphatic carbocycles. The summed E-state index contributed by atoms with van der Waals surface area (Å²) in [6.45, 7) is 1.98. The zero-order valence-electron chi connectivity index (χ0n) is 9.11. The lowest BCUT2D eigenvalue weighted by atomic mass is 10.1. The predicted molar refractivity (Wildman–Crippen MR) is 58.5 cm³/mol. The first-order chi connectivity index (χ1) is 7.86. The lowest BCUT2D eigenvalue weighted by Crippen LogP contribution is -2.34. The molecule has 17 heavy (non-hydrogen) atoms. The molecule has 0 saturated heterocycles. The molecule has 0 amide bonds. The van der Waals surface area contributed by atoms with Gasteiger partial charge in [0.1, 0.15) is 11.9 Å². The van der Waals surface area contributed by atoms with Crippen LogP contribution in [0, 0.1) is 5.82 Å². The smallest absolute Gasteiger partial charge is 0.302 e. The van der Waals surface area contributed by atoms with Gasteiger partial charge < -0.3 is 5.32 Å². The van der Waals surface area contributed by atoms with Gasteiger partial charge in [0.2, 0.25) is 0 Å². The topological polar surface area (TPSA) is 12.0 Å². The number of halogens is 5. The zero-order chi connectivity index (χ0) is 13.1. The van der Waals surface area contributed by atoms with Crippen molar-refractivity contribution >= 4 is 11.6 Å². The summed E-state index contributed by atoms with van der Waals surface area (Å²) in [5, 5.41) is 2.06. The highest BCUT2D eigenvalue weighted by Gasteiger charge is 2.40. The van der Waals surface area contributed by atoms with Crippen LogP contribution in [-0.2, 0) is 0 Å². The van der Waals surface area contributed by atoms with Gasteiger partial charge in [0.05, 0.1) is 5.02 Å². The first kappa shape index (κ1) is 14.3. The first-order valence-corrected chi connectivity index (χ1v) is 5.49. The van der Waals surface area contributed by atoms with E-state index in [4.69, 9.17) is 11.6 Å². The number of benzene rings is 1. The van der Waals surface area contributed by atoms with E-state index in [0.29, 0.717) is 6.42 Å². The average Bonchev–Trinajstić information content (AvgIpc) is 2.22. The highest BCUT2D eigenvalue weighted by Crippen LogP contribution is 2.34. The second-order valence-electron chi connectivity index (χ2n) is 3.60. The Morgan fingerprint density at radius 1 is 1.35 bits per heavy atom. The monoisotopic (exact) mass is 269 g/mol. The quantitative estimate of drug-likeness (QED) is 0.812. The summed E-state index contributed by atoms with van der Waals surface area (Å²) in [7, 11) is 0. The molecular weight excluding hydrogens is 258 g/mol. The van der Waals surface area contributed by atoms with Gasteiger partial charge in [-0.2, -0.15) is 13.2 Å². The third-order valence-corrected chi connectivity index (χ3v) is 2.49. The highest BCUT2D eigenvalue weighted by molar-refractivity contribution is 6.30. The molecule has 1 nitrogen and oxygen atoms in total. The summed E-state index contributed by atoms with van der Waals surface area (Å²) >= 11 is 5.47. The van der Waals surface area contributed by atoms with E-state index in [1.807, 2.05) is 0 Å². The van der Waals surface area contributed by atoms with Crippen LogP contribution < -0.4 is 5.32 Å². The van der Waals surface area contributed by atoms with Gasteiger partial charge in [-0.25, -0.2) is 4.39 Å². The fourth-order valence-corrected chi connectivity index (χ4v) is 1.59. The van der Waals surface area contributed by atoms with Gasteiger partial charge in [0.15, 0.2) is 0 Å². The molecule has 0 aliphatic rings. The molecule has 1 aromatic carbocycles. The van der Waals surface area contributed by atoms with E-state index in [-0.39, 0.29) is 17.1 Å². The standard InChI is InChI=1S/C11H12ClF4N/c1-2-5-17-10(11(14,15)16)7-3-4-9(13)8(12)6-7/h3-4,6,10,17H,2,5H2,1H3. The fourth-order valence-electron chi connectivity index (χ4n) is 1.40. The normalized spacial score (nSPS) is 13.8. The molecule has 0 heterocycles. The Balaban J connectivity index is 3.00. The Bertz CT molecular complexity index is 378. The maximum absolute atomic E-state index is 12.9. The molecule has 1 rings (SSSR count). The Morgan fingerprint density at radius 3 is 2.47 bits per heavy atom. The van der Waals surface area contributed by atoms with Gasteiger partial charge in [-0.1, -0.05) is 24.6 Å². The molecule has 0 aliphatic heterocycles. The van der Waals surface area contributed by atoms with Crippen molar-refractivity contribution in [2.24, 2.45) is 0 Å². The van der Waals surface area contributed by atoms with Crippen LogP contribution in [0.2, 0.25) is 5.02 Å². The van der Waals surface area contributed by atoms with Crippen molar-refractivity contribution in [2.75, 3.05) is 6.54 Å². The van der Waals surface area contributed by atoms with Crippen LogP contribution in [0.15, 0.2) is 18.2 Å². The molecule has 1 atom stereocenters. The second kappa shape index (κ2) is 5.69. The minimum atomic E-state index is -4.43. The van der Waals surface area contributed by atoms with Crippen LogP contribution >= 0.6 is 11.6 Å². The fraction of sp³-hybridized carbons (Fsp3) is 0.455. The second-order valence-corrected chi connectivity index (χ2v) is 4.01. The van der Waals surface area contributed by atoms with Crippen molar-refractivity contribution in [2.45, 2.75) is 25.6 Å². The van der Waals surface area contributed by atoms with Crippen molar-refractivity contribution in [3.63, 3.8) is 0 Å². The summed E-state index contributed by atoms with van der Waals surface area (Å²) in [5.74, 6) is -0.730. The predicted octanol–water partition coefficient (Wildman–Crippen LogP) is 4.08. The van der Waals surface area contributed by atoms with E-state index < -0.39 is 18.0 Å². The van der Waals surface area contributed by atoms with Gasteiger partial charge in [-0.05, 0) is 30.7 Å². The van der Waals surface area contributed by atoms with Crippen molar-refractivity contribution in [3.05, 3.63) is 34.6 Å². The summed E-state index contributed by atoms with van der Waals surface area (Å²) in [6.07, 6.45) is -3.86. The maximum Gasteiger partial charge on any atom is 0.407 e. The summed E-state index contributed by atoms with van der Waals surface area (Å²) in [4.78, 5) is 0. The molecule has 0 saturated carbocycles. The van der Waals surface area contributed by atoms with Crippen molar-refractivity contribution in [1.29, 1.82) is 0 Å². The highest BCUT2D eigenvalue weighted by atomic mass is 35.5. The maximum atomic E-state index is 12.9. The van der Waals surface area contributed by atoms with Crippen molar-refractivity contribution in [3.8, 4) is 0 Å². The summed E-state index contributed by atoms with van der Waals surface area (Å²) in [5.41, 5.74) is -0.0858.